The van der Waals surface area contributed by atoms with E-state index in [0.29, 0.717) is 40.8 Å². The molecule has 3 aromatic rings. The first-order valence-electron chi connectivity index (χ1n) is 9.98. The van der Waals surface area contributed by atoms with Crippen molar-refractivity contribution < 1.29 is 18.3 Å². The first kappa shape index (κ1) is 21.7. The molecule has 1 aliphatic rings. The van der Waals surface area contributed by atoms with E-state index in [-0.39, 0.29) is 18.0 Å². The van der Waals surface area contributed by atoms with Crippen LogP contribution in [0.4, 0.5) is 5.69 Å². The number of rotatable bonds is 7. The van der Waals surface area contributed by atoms with Gasteiger partial charge in [-0.1, -0.05) is 29.8 Å². The van der Waals surface area contributed by atoms with Crippen LogP contribution in [-0.4, -0.2) is 42.6 Å². The van der Waals surface area contributed by atoms with Crippen molar-refractivity contribution in [2.45, 2.75) is 37.8 Å². The zero-order valence-electron chi connectivity index (χ0n) is 17.3. The van der Waals surface area contributed by atoms with Crippen molar-refractivity contribution in [3.05, 3.63) is 70.5 Å². The maximum atomic E-state index is 13.5. The molecule has 7 nitrogen and oxygen atoms in total. The molecule has 0 fully saturated rings. The molecule has 164 valence electrons. The fourth-order valence-electron chi connectivity index (χ4n) is 3.87. The monoisotopic (exact) mass is 461 g/mol. The Bertz CT molecular complexity index is 1190. The maximum absolute atomic E-state index is 13.5. The Hall–Kier alpha value is -2.55. The summed E-state index contributed by atoms with van der Waals surface area (Å²) in [5, 5.41) is 15.4. The van der Waals surface area contributed by atoms with E-state index in [1.54, 1.807) is 38.1 Å². The van der Waals surface area contributed by atoms with Gasteiger partial charge in [0.1, 0.15) is 23.4 Å². The lowest BCUT2D eigenvalue weighted by atomic mass is 10.2. The SMILES string of the molecule is Cc1nn(CC(O)COc2ccc(Cl)cc2)c(C)c1S(=O)(=O)N1CCc2ccccc21. The van der Waals surface area contributed by atoms with Crippen molar-refractivity contribution in [1.82, 2.24) is 9.78 Å². The largest absolute Gasteiger partial charge is 0.491 e. The van der Waals surface area contributed by atoms with E-state index < -0.39 is 16.1 Å². The zero-order chi connectivity index (χ0) is 22.2. The van der Waals surface area contributed by atoms with E-state index in [2.05, 4.69) is 5.10 Å². The summed E-state index contributed by atoms with van der Waals surface area (Å²) >= 11 is 5.86. The summed E-state index contributed by atoms with van der Waals surface area (Å²) in [5.41, 5.74) is 2.63. The Morgan fingerprint density at radius 3 is 2.61 bits per heavy atom. The number of aromatic nitrogens is 2. The average molecular weight is 462 g/mol. The lowest BCUT2D eigenvalue weighted by Gasteiger charge is -2.20. The number of aryl methyl sites for hydroxylation is 1. The van der Waals surface area contributed by atoms with Crippen molar-refractivity contribution in [2.75, 3.05) is 17.5 Å². The highest BCUT2D eigenvalue weighted by atomic mass is 35.5. The standard InChI is InChI=1S/C22H24ClN3O4S/c1-15-22(31(28,29)26-12-11-17-5-3-4-6-21(17)26)16(2)25(24-15)13-19(27)14-30-20-9-7-18(23)8-10-20/h3-10,19,27H,11-14H2,1-2H3. The molecule has 1 atom stereocenters. The summed E-state index contributed by atoms with van der Waals surface area (Å²) in [7, 11) is -3.76. The summed E-state index contributed by atoms with van der Waals surface area (Å²) in [4.78, 5) is 0.190. The quantitative estimate of drug-likeness (QED) is 0.583. The molecule has 31 heavy (non-hydrogen) atoms. The van der Waals surface area contributed by atoms with Gasteiger partial charge in [0.25, 0.3) is 10.0 Å². The zero-order valence-corrected chi connectivity index (χ0v) is 18.9. The molecule has 1 unspecified atom stereocenters. The van der Waals surface area contributed by atoms with E-state index in [1.165, 1.54) is 8.99 Å². The predicted molar refractivity (Wildman–Crippen MR) is 119 cm³/mol. The third-order valence-corrected chi connectivity index (χ3v) is 7.67. The van der Waals surface area contributed by atoms with Crippen LogP contribution in [0.1, 0.15) is 17.0 Å². The molecule has 0 spiro atoms. The molecule has 0 saturated carbocycles. The molecule has 2 heterocycles. The summed E-state index contributed by atoms with van der Waals surface area (Å²) in [6, 6.07) is 14.4. The van der Waals surface area contributed by atoms with Gasteiger partial charge in [0.05, 0.1) is 23.6 Å². The van der Waals surface area contributed by atoms with Crippen LogP contribution in [0.15, 0.2) is 53.4 Å². The number of hydrogen-bond acceptors (Lipinski definition) is 5. The highest BCUT2D eigenvalue weighted by molar-refractivity contribution is 7.93. The van der Waals surface area contributed by atoms with Crippen LogP contribution in [0, 0.1) is 13.8 Å². The second kappa shape index (κ2) is 8.53. The molecule has 0 saturated heterocycles. The van der Waals surface area contributed by atoms with E-state index in [4.69, 9.17) is 16.3 Å². The fourth-order valence-corrected chi connectivity index (χ4v) is 5.88. The summed E-state index contributed by atoms with van der Waals surface area (Å²) in [6.45, 7) is 3.95. The predicted octanol–water partition coefficient (Wildman–Crippen LogP) is 3.34. The fraction of sp³-hybridized carbons (Fsp3) is 0.318. The Labute approximate surface area is 186 Å². The number of aliphatic hydroxyl groups is 1. The number of aliphatic hydroxyl groups excluding tert-OH is 1. The molecule has 0 radical (unpaired) electrons. The minimum atomic E-state index is -3.76. The van der Waals surface area contributed by atoms with Crippen LogP contribution >= 0.6 is 11.6 Å². The van der Waals surface area contributed by atoms with Gasteiger partial charge in [0.2, 0.25) is 0 Å². The van der Waals surface area contributed by atoms with Crippen LogP contribution in [-0.2, 0) is 23.0 Å². The van der Waals surface area contributed by atoms with Gasteiger partial charge in [-0.05, 0) is 56.2 Å². The van der Waals surface area contributed by atoms with Gasteiger partial charge in [-0.2, -0.15) is 5.10 Å². The van der Waals surface area contributed by atoms with Gasteiger partial charge in [0, 0.05) is 11.6 Å². The topological polar surface area (TPSA) is 84.7 Å². The minimum absolute atomic E-state index is 0.0432. The van der Waals surface area contributed by atoms with Crippen LogP contribution in [0.2, 0.25) is 5.02 Å². The Balaban J connectivity index is 1.51. The van der Waals surface area contributed by atoms with Gasteiger partial charge < -0.3 is 9.84 Å². The van der Waals surface area contributed by atoms with Crippen molar-refractivity contribution in [3.8, 4) is 5.75 Å². The van der Waals surface area contributed by atoms with Crippen LogP contribution in [0.3, 0.4) is 0 Å². The molecule has 0 aliphatic carbocycles. The van der Waals surface area contributed by atoms with Gasteiger partial charge in [0.15, 0.2) is 0 Å². The van der Waals surface area contributed by atoms with Gasteiger partial charge in [-0.3, -0.25) is 8.99 Å². The Kier molecular flexibility index (Phi) is 5.96. The second-order valence-corrected chi connectivity index (χ2v) is 9.79. The van der Waals surface area contributed by atoms with E-state index in [1.807, 2.05) is 24.3 Å². The van der Waals surface area contributed by atoms with Crippen LogP contribution < -0.4 is 9.04 Å². The van der Waals surface area contributed by atoms with Gasteiger partial charge >= 0.3 is 0 Å². The molecule has 0 bridgehead atoms. The number of ether oxygens (including phenoxy) is 1. The first-order chi connectivity index (χ1) is 14.8. The number of anilines is 1. The lowest BCUT2D eigenvalue weighted by molar-refractivity contribution is 0.0886. The maximum Gasteiger partial charge on any atom is 0.268 e. The molecule has 4 rings (SSSR count). The number of hydrogen-bond donors (Lipinski definition) is 1. The summed E-state index contributed by atoms with van der Waals surface area (Å²) in [5.74, 6) is 0.591. The number of para-hydroxylation sites is 1. The number of nitrogens with zero attached hydrogens (tertiary/aromatic N) is 3. The number of halogens is 1. The van der Waals surface area contributed by atoms with Crippen LogP contribution in [0.25, 0.3) is 0 Å². The number of sulfonamides is 1. The third kappa shape index (κ3) is 4.28. The first-order valence-corrected chi connectivity index (χ1v) is 11.8. The molecular formula is C22H24ClN3O4S. The molecule has 1 aromatic heterocycles. The smallest absolute Gasteiger partial charge is 0.268 e. The Morgan fingerprint density at radius 1 is 1.16 bits per heavy atom. The van der Waals surface area contributed by atoms with Crippen molar-refractivity contribution in [3.63, 3.8) is 0 Å². The van der Waals surface area contributed by atoms with E-state index >= 15 is 0 Å². The number of benzene rings is 2. The lowest BCUT2D eigenvalue weighted by Crippen LogP contribution is -2.30. The molecule has 1 aliphatic heterocycles. The Morgan fingerprint density at radius 2 is 1.87 bits per heavy atom. The molecule has 0 amide bonds. The minimum Gasteiger partial charge on any atom is -0.491 e. The summed E-state index contributed by atoms with van der Waals surface area (Å²) < 4.78 is 35.5. The van der Waals surface area contributed by atoms with Gasteiger partial charge in [-0.25, -0.2) is 8.42 Å². The number of fused-ring (bicyclic) bond motifs is 1. The van der Waals surface area contributed by atoms with E-state index in [9.17, 15) is 13.5 Å². The van der Waals surface area contributed by atoms with Crippen molar-refractivity contribution in [2.24, 2.45) is 0 Å². The van der Waals surface area contributed by atoms with Crippen molar-refractivity contribution >= 4 is 27.3 Å². The normalized spacial score (nSPS) is 14.5. The highest BCUT2D eigenvalue weighted by Crippen LogP contribution is 2.34. The molecular weight excluding hydrogens is 438 g/mol. The third-order valence-electron chi connectivity index (χ3n) is 5.35. The molecule has 9 heteroatoms. The van der Waals surface area contributed by atoms with E-state index in [0.717, 1.165) is 5.56 Å². The average Bonchev–Trinajstić information content (AvgIpc) is 3.29. The highest BCUT2D eigenvalue weighted by Gasteiger charge is 2.35. The van der Waals surface area contributed by atoms with Gasteiger partial charge in [-0.15, -0.1) is 0 Å². The van der Waals surface area contributed by atoms with Crippen LogP contribution in [0.5, 0.6) is 5.75 Å². The summed E-state index contributed by atoms with van der Waals surface area (Å²) in [6.07, 6.45) is -0.181. The molecule has 1 N–H and O–H groups in total. The second-order valence-electron chi connectivity index (χ2n) is 7.56. The van der Waals surface area contributed by atoms with Crippen molar-refractivity contribution in [1.29, 1.82) is 0 Å². The molecule has 2 aromatic carbocycles.